The Morgan fingerprint density at radius 2 is 2.20 bits per heavy atom. The topological polar surface area (TPSA) is 56.1 Å². The van der Waals surface area contributed by atoms with Gasteiger partial charge >= 0.3 is 0 Å². The first-order valence-corrected chi connectivity index (χ1v) is 8.75. The van der Waals surface area contributed by atoms with Gasteiger partial charge in [-0.05, 0) is 19.0 Å². The molecular weight excluding hydrogens is 314 g/mol. The highest BCUT2D eigenvalue weighted by Crippen LogP contribution is 2.39. The van der Waals surface area contributed by atoms with Crippen LogP contribution in [0.5, 0.6) is 0 Å². The maximum absolute atomic E-state index is 5.88. The summed E-state index contributed by atoms with van der Waals surface area (Å²) in [5, 5.41) is 5.99. The molecule has 0 N–H and O–H groups in total. The molecule has 0 bridgehead atoms. The molecule has 0 aliphatic carbocycles. The van der Waals surface area contributed by atoms with Crippen LogP contribution < -0.4 is 0 Å². The van der Waals surface area contributed by atoms with E-state index in [2.05, 4.69) is 39.1 Å². The summed E-state index contributed by atoms with van der Waals surface area (Å²) in [4.78, 5) is 11.3. The second-order valence-electron chi connectivity index (χ2n) is 7.22. The SMILES string of the molecule is Cn1nc(CN2CC[C@]3(COCc4cncnc43)C2)c2ccccc21. The highest BCUT2D eigenvalue weighted by atomic mass is 16.5. The van der Waals surface area contributed by atoms with Crippen molar-refractivity contribution in [3.8, 4) is 0 Å². The van der Waals surface area contributed by atoms with Crippen molar-refractivity contribution in [2.75, 3.05) is 19.7 Å². The molecule has 1 aromatic carbocycles. The van der Waals surface area contributed by atoms with E-state index in [9.17, 15) is 0 Å². The zero-order chi connectivity index (χ0) is 16.9. The second-order valence-corrected chi connectivity index (χ2v) is 7.22. The first-order chi connectivity index (χ1) is 12.3. The third-order valence-corrected chi connectivity index (χ3v) is 5.57. The van der Waals surface area contributed by atoms with Crippen LogP contribution in [0.2, 0.25) is 0 Å². The summed E-state index contributed by atoms with van der Waals surface area (Å²) in [5.41, 5.74) is 4.66. The number of hydrogen-bond donors (Lipinski definition) is 0. The van der Waals surface area contributed by atoms with Gasteiger partial charge in [-0.3, -0.25) is 9.58 Å². The molecule has 2 aromatic heterocycles. The van der Waals surface area contributed by atoms with E-state index < -0.39 is 0 Å². The number of ether oxygens (including phenoxy) is 1. The van der Waals surface area contributed by atoms with Gasteiger partial charge in [0.05, 0.1) is 35.5 Å². The zero-order valence-corrected chi connectivity index (χ0v) is 14.4. The lowest BCUT2D eigenvalue weighted by Gasteiger charge is -2.34. The number of likely N-dealkylation sites (tertiary alicyclic amines) is 1. The van der Waals surface area contributed by atoms with Crippen LogP contribution in [0.25, 0.3) is 10.9 Å². The van der Waals surface area contributed by atoms with E-state index in [1.165, 1.54) is 16.6 Å². The van der Waals surface area contributed by atoms with Crippen molar-refractivity contribution < 1.29 is 4.74 Å². The molecule has 6 nitrogen and oxygen atoms in total. The Morgan fingerprint density at radius 3 is 3.16 bits per heavy atom. The Bertz CT molecular complexity index is 936. The number of rotatable bonds is 2. The molecule has 4 heterocycles. The second kappa shape index (κ2) is 5.61. The smallest absolute Gasteiger partial charge is 0.115 e. The molecule has 6 heteroatoms. The van der Waals surface area contributed by atoms with Crippen molar-refractivity contribution in [2.24, 2.45) is 7.05 Å². The van der Waals surface area contributed by atoms with Crippen molar-refractivity contribution in [1.82, 2.24) is 24.6 Å². The summed E-state index contributed by atoms with van der Waals surface area (Å²) < 4.78 is 7.86. The molecule has 2 aliphatic heterocycles. The summed E-state index contributed by atoms with van der Waals surface area (Å²) >= 11 is 0. The fraction of sp³-hybridized carbons (Fsp3) is 0.421. The first kappa shape index (κ1) is 15.0. The van der Waals surface area contributed by atoms with Crippen LogP contribution in [0.1, 0.15) is 23.4 Å². The molecule has 0 unspecified atom stereocenters. The summed E-state index contributed by atoms with van der Waals surface area (Å²) in [6.07, 6.45) is 4.64. The molecule has 0 radical (unpaired) electrons. The van der Waals surface area contributed by atoms with Crippen LogP contribution in [0, 0.1) is 0 Å². The van der Waals surface area contributed by atoms with Crippen LogP contribution in [0.4, 0.5) is 0 Å². The average Bonchev–Trinajstić information content (AvgIpc) is 3.18. The van der Waals surface area contributed by atoms with Gasteiger partial charge in [0, 0.05) is 37.3 Å². The molecule has 1 fully saturated rings. The van der Waals surface area contributed by atoms with E-state index >= 15 is 0 Å². The highest BCUT2D eigenvalue weighted by molar-refractivity contribution is 5.81. The van der Waals surface area contributed by atoms with Gasteiger partial charge in [-0.1, -0.05) is 18.2 Å². The normalized spacial score (nSPS) is 23.4. The summed E-state index contributed by atoms with van der Waals surface area (Å²) in [6.45, 7) is 4.24. The number of aromatic nitrogens is 4. The van der Waals surface area contributed by atoms with Gasteiger partial charge in [-0.25, -0.2) is 9.97 Å². The number of aryl methyl sites for hydroxylation is 1. The molecule has 1 spiro atoms. The van der Waals surface area contributed by atoms with Crippen molar-refractivity contribution in [3.63, 3.8) is 0 Å². The van der Waals surface area contributed by atoms with Gasteiger partial charge < -0.3 is 4.74 Å². The Hall–Kier alpha value is -2.31. The van der Waals surface area contributed by atoms with E-state index in [1.807, 2.05) is 17.9 Å². The van der Waals surface area contributed by atoms with Gasteiger partial charge in [-0.15, -0.1) is 0 Å². The van der Waals surface area contributed by atoms with Crippen LogP contribution in [-0.2, 0) is 30.4 Å². The van der Waals surface area contributed by atoms with Gasteiger partial charge in [0.15, 0.2) is 0 Å². The van der Waals surface area contributed by atoms with Gasteiger partial charge in [0.25, 0.3) is 0 Å². The number of benzene rings is 1. The Kier molecular flexibility index (Phi) is 3.36. The molecule has 128 valence electrons. The van der Waals surface area contributed by atoms with Crippen LogP contribution >= 0.6 is 0 Å². The molecule has 1 saturated heterocycles. The van der Waals surface area contributed by atoms with Crippen LogP contribution in [-0.4, -0.2) is 44.3 Å². The van der Waals surface area contributed by atoms with E-state index in [1.54, 1.807) is 6.33 Å². The minimum absolute atomic E-state index is 0.00110. The van der Waals surface area contributed by atoms with E-state index in [0.29, 0.717) is 6.61 Å². The molecule has 2 aliphatic rings. The number of fused-ring (bicyclic) bond motifs is 3. The fourth-order valence-electron chi connectivity index (χ4n) is 4.39. The van der Waals surface area contributed by atoms with Crippen LogP contribution in [0.3, 0.4) is 0 Å². The molecule has 3 aromatic rings. The molecule has 25 heavy (non-hydrogen) atoms. The largest absolute Gasteiger partial charge is 0.376 e. The minimum atomic E-state index is 0.00110. The average molecular weight is 335 g/mol. The lowest BCUT2D eigenvalue weighted by atomic mass is 9.81. The molecule has 1 atom stereocenters. The van der Waals surface area contributed by atoms with Crippen LogP contribution in [0.15, 0.2) is 36.8 Å². The lowest BCUT2D eigenvalue weighted by molar-refractivity contribution is 0.0501. The molecular formula is C19H21N5O. The lowest BCUT2D eigenvalue weighted by Crippen LogP contribution is -2.40. The van der Waals surface area contributed by atoms with Gasteiger partial charge in [0.2, 0.25) is 0 Å². The maximum atomic E-state index is 5.88. The summed E-state index contributed by atoms with van der Waals surface area (Å²) in [7, 11) is 2.01. The zero-order valence-electron chi connectivity index (χ0n) is 14.4. The quantitative estimate of drug-likeness (QED) is 0.717. The predicted molar refractivity (Wildman–Crippen MR) is 94.0 cm³/mol. The number of hydrogen-bond acceptors (Lipinski definition) is 5. The molecule has 0 amide bonds. The van der Waals surface area contributed by atoms with Crippen molar-refractivity contribution in [3.05, 3.63) is 53.7 Å². The van der Waals surface area contributed by atoms with Crippen molar-refractivity contribution >= 4 is 10.9 Å². The molecule has 5 rings (SSSR count). The third kappa shape index (κ3) is 2.36. The monoisotopic (exact) mass is 335 g/mol. The Balaban J connectivity index is 1.43. The van der Waals surface area contributed by atoms with Crippen molar-refractivity contribution in [2.45, 2.75) is 25.0 Å². The standard InChI is InChI=1S/C19H21N5O/c1-23-17-5-3-2-4-15(17)16(22-23)9-24-7-6-19(11-24)12-25-10-14-8-20-13-21-18(14)19/h2-5,8,13H,6-7,9-12H2,1H3/t19-/m1/s1. The number of nitrogens with zero attached hydrogens (tertiary/aromatic N) is 5. The minimum Gasteiger partial charge on any atom is -0.376 e. The maximum Gasteiger partial charge on any atom is 0.115 e. The number of para-hydroxylation sites is 1. The fourth-order valence-corrected chi connectivity index (χ4v) is 4.39. The third-order valence-electron chi connectivity index (χ3n) is 5.57. The Labute approximate surface area is 146 Å². The predicted octanol–water partition coefficient (Wildman–Crippen LogP) is 2.04. The van der Waals surface area contributed by atoms with E-state index in [-0.39, 0.29) is 5.41 Å². The van der Waals surface area contributed by atoms with Gasteiger partial charge in [0.1, 0.15) is 6.33 Å². The first-order valence-electron chi connectivity index (χ1n) is 8.75. The molecule has 0 saturated carbocycles. The van der Waals surface area contributed by atoms with E-state index in [4.69, 9.17) is 9.84 Å². The Morgan fingerprint density at radius 1 is 1.28 bits per heavy atom. The highest BCUT2D eigenvalue weighted by Gasteiger charge is 2.44. The van der Waals surface area contributed by atoms with E-state index in [0.717, 1.165) is 43.9 Å². The van der Waals surface area contributed by atoms with Crippen molar-refractivity contribution in [1.29, 1.82) is 0 Å². The summed E-state index contributed by atoms with van der Waals surface area (Å²) in [6, 6.07) is 8.44. The summed E-state index contributed by atoms with van der Waals surface area (Å²) in [5.74, 6) is 0. The van der Waals surface area contributed by atoms with Gasteiger partial charge in [-0.2, -0.15) is 5.10 Å².